The molecule has 0 unspecified atom stereocenters. The van der Waals surface area contributed by atoms with Crippen LogP contribution in [0.3, 0.4) is 0 Å². The second-order valence-electron chi connectivity index (χ2n) is 8.10. The van der Waals surface area contributed by atoms with Crippen LogP contribution in [0.5, 0.6) is 0 Å². The summed E-state index contributed by atoms with van der Waals surface area (Å²) in [5, 5.41) is 5.76. The SMILES string of the molecule is Cc1cccc(C(=O)N2CCc3ccc(CNC(=O)NC(C)(C)C)cc32)c1. The minimum Gasteiger partial charge on any atom is -0.334 e. The third-order valence-corrected chi connectivity index (χ3v) is 4.50. The maximum absolute atomic E-state index is 12.9. The van der Waals surface area contributed by atoms with Gasteiger partial charge in [-0.05, 0) is 63.4 Å². The van der Waals surface area contributed by atoms with Crippen LogP contribution in [0.4, 0.5) is 10.5 Å². The second-order valence-corrected chi connectivity index (χ2v) is 8.10. The predicted octanol–water partition coefficient (Wildman–Crippen LogP) is 3.80. The lowest BCUT2D eigenvalue weighted by molar-refractivity contribution is 0.0989. The summed E-state index contributed by atoms with van der Waals surface area (Å²) in [6.45, 7) is 8.91. The third-order valence-electron chi connectivity index (χ3n) is 4.50. The third kappa shape index (κ3) is 4.67. The van der Waals surface area contributed by atoms with Gasteiger partial charge in [0.15, 0.2) is 0 Å². The fourth-order valence-corrected chi connectivity index (χ4v) is 3.25. The predicted molar refractivity (Wildman–Crippen MR) is 108 cm³/mol. The van der Waals surface area contributed by atoms with E-state index in [-0.39, 0.29) is 17.5 Å². The lowest BCUT2D eigenvalue weighted by Gasteiger charge is -2.21. The molecule has 0 aliphatic carbocycles. The Morgan fingerprint density at radius 3 is 2.59 bits per heavy atom. The summed E-state index contributed by atoms with van der Waals surface area (Å²) in [5.74, 6) is 0.0213. The highest BCUT2D eigenvalue weighted by Gasteiger charge is 2.26. The van der Waals surface area contributed by atoms with Gasteiger partial charge in [0.05, 0.1) is 0 Å². The molecule has 0 aromatic heterocycles. The zero-order valence-corrected chi connectivity index (χ0v) is 16.4. The lowest BCUT2D eigenvalue weighted by Crippen LogP contribution is -2.46. The topological polar surface area (TPSA) is 61.4 Å². The first kappa shape index (κ1) is 19.0. The first-order valence-corrected chi connectivity index (χ1v) is 9.29. The Kier molecular flexibility index (Phi) is 5.22. The highest BCUT2D eigenvalue weighted by molar-refractivity contribution is 6.07. The second kappa shape index (κ2) is 7.43. The molecule has 2 aromatic rings. The van der Waals surface area contributed by atoms with E-state index in [1.54, 1.807) is 0 Å². The molecular weight excluding hydrogens is 338 g/mol. The highest BCUT2D eigenvalue weighted by Crippen LogP contribution is 2.30. The molecule has 27 heavy (non-hydrogen) atoms. The van der Waals surface area contributed by atoms with Crippen molar-refractivity contribution < 1.29 is 9.59 Å². The molecule has 0 atom stereocenters. The van der Waals surface area contributed by atoms with Crippen molar-refractivity contribution in [2.45, 2.75) is 46.2 Å². The standard InChI is InChI=1S/C22H27N3O2/c1-15-6-5-7-18(12-15)20(26)25-11-10-17-9-8-16(13-19(17)25)14-23-21(27)24-22(2,3)4/h5-9,12-13H,10-11,14H2,1-4H3,(H2,23,24,27). The Balaban J connectivity index is 1.73. The summed E-state index contributed by atoms with van der Waals surface area (Å²) >= 11 is 0. The summed E-state index contributed by atoms with van der Waals surface area (Å²) in [5.41, 5.74) is 4.58. The van der Waals surface area contributed by atoms with Gasteiger partial charge in [-0.1, -0.05) is 29.8 Å². The summed E-state index contributed by atoms with van der Waals surface area (Å²) < 4.78 is 0. The molecule has 3 amide bonds. The van der Waals surface area contributed by atoms with Crippen LogP contribution in [0.2, 0.25) is 0 Å². The summed E-state index contributed by atoms with van der Waals surface area (Å²) in [7, 11) is 0. The maximum atomic E-state index is 12.9. The number of aryl methyl sites for hydroxylation is 1. The lowest BCUT2D eigenvalue weighted by atomic mass is 10.1. The largest absolute Gasteiger partial charge is 0.334 e. The van der Waals surface area contributed by atoms with E-state index in [1.807, 2.05) is 69.0 Å². The zero-order chi connectivity index (χ0) is 19.6. The normalized spacial score (nSPS) is 13.3. The molecule has 2 aromatic carbocycles. The number of anilines is 1. The molecule has 0 spiro atoms. The van der Waals surface area contributed by atoms with Crippen LogP contribution in [-0.4, -0.2) is 24.0 Å². The van der Waals surface area contributed by atoms with Gasteiger partial charge in [-0.25, -0.2) is 4.79 Å². The Morgan fingerprint density at radius 1 is 1.11 bits per heavy atom. The van der Waals surface area contributed by atoms with Crippen LogP contribution in [0.1, 0.15) is 47.8 Å². The van der Waals surface area contributed by atoms with Gasteiger partial charge in [-0.15, -0.1) is 0 Å². The van der Waals surface area contributed by atoms with Crippen molar-refractivity contribution >= 4 is 17.6 Å². The minimum absolute atomic E-state index is 0.0213. The monoisotopic (exact) mass is 365 g/mol. The molecule has 1 aliphatic rings. The van der Waals surface area contributed by atoms with Crippen molar-refractivity contribution in [3.8, 4) is 0 Å². The molecule has 3 rings (SSSR count). The highest BCUT2D eigenvalue weighted by atomic mass is 16.2. The molecule has 0 bridgehead atoms. The van der Waals surface area contributed by atoms with Gasteiger partial charge >= 0.3 is 6.03 Å². The number of urea groups is 1. The molecule has 0 fully saturated rings. The van der Waals surface area contributed by atoms with Crippen molar-refractivity contribution in [2.75, 3.05) is 11.4 Å². The number of nitrogens with one attached hydrogen (secondary N) is 2. The van der Waals surface area contributed by atoms with Gasteiger partial charge in [0.2, 0.25) is 0 Å². The number of fused-ring (bicyclic) bond motifs is 1. The van der Waals surface area contributed by atoms with Gasteiger partial charge in [0.25, 0.3) is 5.91 Å². The molecule has 0 saturated heterocycles. The quantitative estimate of drug-likeness (QED) is 0.869. The average molecular weight is 365 g/mol. The molecule has 1 heterocycles. The van der Waals surface area contributed by atoms with Gasteiger partial charge in [-0.2, -0.15) is 0 Å². The van der Waals surface area contributed by atoms with Gasteiger partial charge < -0.3 is 15.5 Å². The first-order valence-electron chi connectivity index (χ1n) is 9.29. The van der Waals surface area contributed by atoms with E-state index in [0.29, 0.717) is 18.7 Å². The van der Waals surface area contributed by atoms with E-state index in [1.165, 1.54) is 5.56 Å². The smallest absolute Gasteiger partial charge is 0.315 e. The first-order chi connectivity index (χ1) is 12.7. The van der Waals surface area contributed by atoms with Crippen molar-refractivity contribution in [1.29, 1.82) is 0 Å². The number of nitrogens with zero attached hydrogens (tertiary/aromatic N) is 1. The van der Waals surface area contributed by atoms with Crippen LogP contribution in [0, 0.1) is 6.92 Å². The minimum atomic E-state index is -0.279. The van der Waals surface area contributed by atoms with Gasteiger partial charge in [0.1, 0.15) is 0 Å². The van der Waals surface area contributed by atoms with Crippen LogP contribution >= 0.6 is 0 Å². The summed E-state index contributed by atoms with van der Waals surface area (Å²) in [6.07, 6.45) is 0.852. The Labute approximate surface area is 160 Å². The molecule has 5 nitrogen and oxygen atoms in total. The van der Waals surface area contributed by atoms with E-state index in [2.05, 4.69) is 16.7 Å². The number of hydrogen-bond donors (Lipinski definition) is 2. The molecule has 5 heteroatoms. The molecule has 142 valence electrons. The number of rotatable bonds is 3. The van der Waals surface area contributed by atoms with Crippen LogP contribution in [-0.2, 0) is 13.0 Å². The van der Waals surface area contributed by atoms with Crippen molar-refractivity contribution in [1.82, 2.24) is 10.6 Å². The van der Waals surface area contributed by atoms with E-state index >= 15 is 0 Å². The summed E-state index contributed by atoms with van der Waals surface area (Å²) in [4.78, 5) is 26.7. The van der Waals surface area contributed by atoms with Crippen LogP contribution in [0.25, 0.3) is 0 Å². The zero-order valence-electron chi connectivity index (χ0n) is 16.4. The summed E-state index contributed by atoms with van der Waals surface area (Å²) in [6, 6.07) is 13.5. The molecular formula is C22H27N3O2. The Morgan fingerprint density at radius 2 is 1.89 bits per heavy atom. The number of carbonyl (C=O) groups excluding carboxylic acids is 2. The van der Waals surface area contributed by atoms with E-state index < -0.39 is 0 Å². The fourth-order valence-electron chi connectivity index (χ4n) is 3.25. The number of amides is 3. The molecule has 0 radical (unpaired) electrons. The van der Waals surface area contributed by atoms with E-state index in [4.69, 9.17) is 0 Å². The Hall–Kier alpha value is -2.82. The van der Waals surface area contributed by atoms with Crippen LogP contribution < -0.4 is 15.5 Å². The number of carbonyl (C=O) groups is 2. The van der Waals surface area contributed by atoms with Gasteiger partial charge in [0, 0.05) is 29.9 Å². The number of benzene rings is 2. The van der Waals surface area contributed by atoms with Crippen molar-refractivity contribution in [3.63, 3.8) is 0 Å². The van der Waals surface area contributed by atoms with Crippen molar-refractivity contribution in [2.24, 2.45) is 0 Å². The molecule has 1 aliphatic heterocycles. The van der Waals surface area contributed by atoms with E-state index in [0.717, 1.165) is 23.2 Å². The van der Waals surface area contributed by atoms with Crippen molar-refractivity contribution in [3.05, 3.63) is 64.7 Å². The average Bonchev–Trinajstić information content (AvgIpc) is 3.01. The Bertz CT molecular complexity index is 868. The fraction of sp³-hybridized carbons (Fsp3) is 0.364. The van der Waals surface area contributed by atoms with E-state index in [9.17, 15) is 9.59 Å². The molecule has 0 saturated carbocycles. The van der Waals surface area contributed by atoms with Gasteiger partial charge in [-0.3, -0.25) is 4.79 Å². The molecule has 2 N–H and O–H groups in total. The van der Waals surface area contributed by atoms with Crippen LogP contribution in [0.15, 0.2) is 42.5 Å². The number of hydrogen-bond acceptors (Lipinski definition) is 2. The maximum Gasteiger partial charge on any atom is 0.315 e.